The number of imidazole rings is 2. The van der Waals surface area contributed by atoms with Crippen LogP contribution in [0.4, 0.5) is 0 Å². The molecule has 0 unspecified atom stereocenters. The predicted molar refractivity (Wildman–Crippen MR) is 139 cm³/mol. The Morgan fingerprint density at radius 3 is 2.12 bits per heavy atom. The fourth-order valence-corrected chi connectivity index (χ4v) is 3.43. The molecule has 0 amide bonds. The van der Waals surface area contributed by atoms with Crippen molar-refractivity contribution in [2.75, 3.05) is 26.2 Å². The van der Waals surface area contributed by atoms with Crippen LogP contribution in [0.1, 0.15) is 30.7 Å². The predicted octanol–water partition coefficient (Wildman–Crippen LogP) is -0.365. The summed E-state index contributed by atoms with van der Waals surface area (Å²) in [5, 5.41) is 3.47. The topological polar surface area (TPSA) is 185 Å². The van der Waals surface area contributed by atoms with Crippen molar-refractivity contribution in [3.8, 4) is 22.8 Å². The van der Waals surface area contributed by atoms with Gasteiger partial charge in [0, 0.05) is 37.3 Å². The van der Waals surface area contributed by atoms with Crippen molar-refractivity contribution in [3.05, 3.63) is 84.4 Å². The number of halogens is 1. The Kier molecular flexibility index (Phi) is 15.0. The van der Waals surface area contributed by atoms with E-state index in [-0.39, 0.29) is 17.1 Å². The average Bonchev–Trinajstić information content (AvgIpc) is 3.60. The molecule has 1 radical (unpaired) electrons. The van der Waals surface area contributed by atoms with Gasteiger partial charge in [0.25, 0.3) is 0 Å². The minimum atomic E-state index is -4.94. The van der Waals surface area contributed by atoms with Gasteiger partial charge in [-0.1, -0.05) is 72.7 Å². The first-order valence-corrected chi connectivity index (χ1v) is 13.6. The summed E-state index contributed by atoms with van der Waals surface area (Å²) in [5.74, 6) is 1.62. The third-order valence-electron chi connectivity index (χ3n) is 5.21. The number of H-pyrrole nitrogens is 1. The van der Waals surface area contributed by atoms with Crippen LogP contribution in [0.5, 0.6) is 0 Å². The minimum absolute atomic E-state index is 0. The summed E-state index contributed by atoms with van der Waals surface area (Å²) in [5.41, 5.74) is 3.77. The van der Waals surface area contributed by atoms with Crippen molar-refractivity contribution in [1.82, 2.24) is 25.3 Å². The van der Waals surface area contributed by atoms with Crippen LogP contribution in [0, 0.1) is 10.2 Å². The minimum Gasteiger partial charge on any atom is -0.442 e. The quantitative estimate of drug-likeness (QED) is 0.116. The van der Waals surface area contributed by atoms with Crippen LogP contribution in [0.25, 0.3) is 22.8 Å². The number of nitrogens with one attached hydrogen (secondary N) is 2. The largest absolute Gasteiger partial charge is 2.00 e. The van der Waals surface area contributed by atoms with Gasteiger partial charge in [-0.2, -0.15) is 0 Å². The molecule has 0 saturated carbocycles. The third kappa shape index (κ3) is 13.7. The molecule has 0 bridgehead atoms. The van der Waals surface area contributed by atoms with Gasteiger partial charge in [-0.15, -0.1) is 10.2 Å². The molecule has 0 atom stereocenters. The van der Waals surface area contributed by atoms with Crippen LogP contribution < -0.4 is 28.9 Å². The molecule has 11 nitrogen and oxygen atoms in total. The van der Waals surface area contributed by atoms with Crippen LogP contribution >= 0.6 is 0 Å². The second-order valence-corrected chi connectivity index (χ2v) is 9.04. The number of nitrogens with zero attached hydrogens (tertiary/aromatic N) is 5. The second-order valence-electron chi connectivity index (χ2n) is 8.28. The second kappa shape index (κ2) is 18.2. The summed E-state index contributed by atoms with van der Waals surface area (Å²) < 4.78 is 34.0. The zero-order valence-electron chi connectivity index (χ0n) is 21.6. The van der Waals surface area contributed by atoms with E-state index in [4.69, 9.17) is 18.6 Å². The molecule has 40 heavy (non-hydrogen) atoms. The number of aliphatic imine (C=N–C) groups is 2. The smallest absolute Gasteiger partial charge is 0.442 e. The van der Waals surface area contributed by atoms with E-state index in [0.29, 0.717) is 0 Å². The average molecular weight is 616 g/mol. The summed E-state index contributed by atoms with van der Waals surface area (Å²) >= 11 is 0. The maximum Gasteiger partial charge on any atom is 2.00 e. The molecule has 0 fully saturated rings. The van der Waals surface area contributed by atoms with E-state index in [1.807, 2.05) is 73.1 Å². The molecular weight excluding hydrogens is 585 g/mol. The fraction of sp³-hybridized carbons (Fsp3) is 0.259. The number of unbranched alkanes of at least 4 members (excludes halogenated alkanes) is 1. The number of benzene rings is 2. The first-order valence-electron chi connectivity index (χ1n) is 12.4. The molecule has 4 aromatic rings. The SMILES string of the molecule is C(=NCCCCNCCCN=Cc1cnc(-c2ccccc2)[n-]1)c1c[nH]c(-c2ccccc2)n1.[Cu+2].[O-][Cl+3]([O-])([O-])[O-]. The molecule has 215 valence electrons. The summed E-state index contributed by atoms with van der Waals surface area (Å²) in [6.45, 7) is 3.54. The van der Waals surface area contributed by atoms with Gasteiger partial charge in [-0.25, -0.2) is 23.6 Å². The van der Waals surface area contributed by atoms with E-state index in [1.54, 1.807) is 12.4 Å². The van der Waals surface area contributed by atoms with Crippen LogP contribution in [0.3, 0.4) is 0 Å². The van der Waals surface area contributed by atoms with Gasteiger partial charge in [0.05, 0.1) is 5.69 Å². The molecule has 0 saturated heterocycles. The van der Waals surface area contributed by atoms with E-state index >= 15 is 0 Å². The first-order chi connectivity index (χ1) is 18.9. The normalized spacial score (nSPS) is 11.4. The van der Waals surface area contributed by atoms with Crippen LogP contribution in [-0.4, -0.2) is 53.6 Å². The van der Waals surface area contributed by atoms with Gasteiger partial charge in [0.15, 0.2) is 0 Å². The number of rotatable bonds is 13. The first kappa shape index (κ1) is 33.0. The zero-order chi connectivity index (χ0) is 27.8. The van der Waals surface area contributed by atoms with Gasteiger partial charge in [-0.05, 0) is 43.6 Å². The molecule has 0 aliphatic carbocycles. The summed E-state index contributed by atoms with van der Waals surface area (Å²) in [4.78, 5) is 25.6. The molecule has 2 N–H and O–H groups in total. The summed E-state index contributed by atoms with van der Waals surface area (Å²) in [6.07, 6.45) is 10.5. The number of aromatic nitrogens is 4. The molecule has 2 aromatic carbocycles. The van der Waals surface area contributed by atoms with Gasteiger partial charge in [0.2, 0.25) is 0 Å². The van der Waals surface area contributed by atoms with Crippen LogP contribution in [0.15, 0.2) is 83.0 Å². The summed E-state index contributed by atoms with van der Waals surface area (Å²) in [6, 6.07) is 20.1. The molecule has 0 aliphatic rings. The van der Waals surface area contributed by atoms with Gasteiger partial charge < -0.3 is 20.3 Å². The van der Waals surface area contributed by atoms with Crippen LogP contribution in [0.2, 0.25) is 0 Å². The zero-order valence-corrected chi connectivity index (χ0v) is 23.3. The van der Waals surface area contributed by atoms with Crippen molar-refractivity contribution in [1.29, 1.82) is 0 Å². The van der Waals surface area contributed by atoms with Gasteiger partial charge in [0.1, 0.15) is 5.82 Å². The van der Waals surface area contributed by atoms with Crippen molar-refractivity contribution in [2.45, 2.75) is 19.3 Å². The number of hydrogen-bond acceptors (Lipinski definition) is 9. The van der Waals surface area contributed by atoms with E-state index in [1.165, 1.54) is 0 Å². The van der Waals surface area contributed by atoms with Gasteiger partial charge >= 0.3 is 17.1 Å². The molecule has 0 spiro atoms. The Bertz CT molecular complexity index is 1180. The maximum absolute atomic E-state index is 8.49. The third-order valence-corrected chi connectivity index (χ3v) is 5.21. The van der Waals surface area contributed by atoms with Crippen molar-refractivity contribution >= 4 is 12.4 Å². The molecule has 2 aromatic heterocycles. The number of aromatic amines is 1. The molecule has 2 heterocycles. The number of hydrogen-bond donors (Lipinski definition) is 2. The Labute approximate surface area is 245 Å². The van der Waals surface area contributed by atoms with Crippen LogP contribution in [-0.2, 0) is 17.1 Å². The fourth-order valence-electron chi connectivity index (χ4n) is 3.43. The monoisotopic (exact) mass is 614 g/mol. The van der Waals surface area contributed by atoms with Crippen molar-refractivity contribution in [2.24, 2.45) is 9.98 Å². The molecular formula is C27H30ClCuN7O4. The summed E-state index contributed by atoms with van der Waals surface area (Å²) in [7, 11) is -4.94. The van der Waals surface area contributed by atoms with E-state index in [9.17, 15) is 0 Å². The van der Waals surface area contributed by atoms with Crippen molar-refractivity contribution < 1.29 is 45.9 Å². The maximum atomic E-state index is 8.49. The molecule has 13 heteroatoms. The van der Waals surface area contributed by atoms with Gasteiger partial charge in [-0.3, -0.25) is 9.98 Å². The van der Waals surface area contributed by atoms with Crippen molar-refractivity contribution in [3.63, 3.8) is 0 Å². The Morgan fingerprint density at radius 1 is 0.825 bits per heavy atom. The Morgan fingerprint density at radius 2 is 1.43 bits per heavy atom. The van der Waals surface area contributed by atoms with E-state index in [0.717, 1.165) is 79.6 Å². The standard InChI is InChI=1S/C27H30N7.ClHO4.Cu/c1-3-10-22(11-4-1)26-31-20-24(33-26)18-29-15-8-7-14-28-16-9-17-30-19-25-21-32-27(34-25)23-12-5-2-6-13-23;2-1(3,4)5;/h1-6,10-13,18-21,28H,7-9,14-17H2,(H-,31,32,33,34);(H,2,3,4,5);/q-1;;+2/p-1. The molecule has 0 aliphatic heterocycles. The Balaban J connectivity index is 0.000000858. The molecule has 4 rings (SSSR count). The van der Waals surface area contributed by atoms with E-state index in [2.05, 4.69) is 35.2 Å². The van der Waals surface area contributed by atoms with E-state index < -0.39 is 10.2 Å². The Hall–Kier alpha value is -3.19.